The van der Waals surface area contributed by atoms with Gasteiger partial charge in [-0.15, -0.1) is 0 Å². The Morgan fingerprint density at radius 2 is 1.78 bits per heavy atom. The first-order valence-electron chi connectivity index (χ1n) is 8.79. The Hall–Kier alpha value is -2.57. The molecular formula is C20H20F3N3O. The van der Waals surface area contributed by atoms with Crippen molar-refractivity contribution in [2.45, 2.75) is 45.2 Å². The van der Waals surface area contributed by atoms with Gasteiger partial charge in [0.1, 0.15) is 0 Å². The van der Waals surface area contributed by atoms with E-state index in [-0.39, 0.29) is 28.9 Å². The van der Waals surface area contributed by atoms with E-state index in [0.717, 1.165) is 0 Å². The van der Waals surface area contributed by atoms with Crippen LogP contribution in [0.2, 0.25) is 0 Å². The third-order valence-electron chi connectivity index (χ3n) is 5.47. The molecule has 4 nitrogen and oxygen atoms in total. The number of fused-ring (bicyclic) bond motifs is 1. The number of nitrogens with zero attached hydrogens (tertiary/aromatic N) is 1. The standard InChI is InChI=1S/C20H20F3N3O/c1-11-15-17(26-25-11)24-13-9-18(2,3)10-14(27)16(13)19(15,20(21,22)23)12-7-5-4-6-8-12/h4-8H,9-10H2,1-3H3,(H2,24,25,26)/t19-/m1/s1. The number of benzene rings is 1. The van der Waals surface area contributed by atoms with E-state index in [1.54, 1.807) is 25.1 Å². The van der Waals surface area contributed by atoms with Gasteiger partial charge in [-0.3, -0.25) is 9.89 Å². The second-order valence-electron chi connectivity index (χ2n) is 8.11. The highest BCUT2D eigenvalue weighted by Gasteiger charge is 2.66. The molecule has 142 valence electrons. The lowest BCUT2D eigenvalue weighted by Crippen LogP contribution is -2.52. The monoisotopic (exact) mass is 375 g/mol. The second kappa shape index (κ2) is 5.47. The predicted octanol–water partition coefficient (Wildman–Crippen LogP) is 4.64. The summed E-state index contributed by atoms with van der Waals surface area (Å²) in [6.07, 6.45) is -4.29. The summed E-state index contributed by atoms with van der Waals surface area (Å²) in [7, 11) is 0. The Morgan fingerprint density at radius 1 is 1.11 bits per heavy atom. The molecule has 0 saturated heterocycles. The molecule has 2 heterocycles. The topological polar surface area (TPSA) is 57.8 Å². The molecule has 2 aliphatic rings. The van der Waals surface area contributed by atoms with Crippen LogP contribution in [-0.2, 0) is 10.2 Å². The first-order valence-corrected chi connectivity index (χ1v) is 8.79. The number of aryl methyl sites for hydroxylation is 1. The molecule has 4 rings (SSSR count). The summed E-state index contributed by atoms with van der Waals surface area (Å²) < 4.78 is 44.7. The molecule has 0 bridgehead atoms. The number of allylic oxidation sites excluding steroid dienone is 2. The van der Waals surface area contributed by atoms with E-state index < -0.39 is 22.8 Å². The number of alkyl halides is 3. The average Bonchev–Trinajstić information content (AvgIpc) is 2.92. The minimum absolute atomic E-state index is 0.0204. The summed E-state index contributed by atoms with van der Waals surface area (Å²) in [5.74, 6) is -0.334. The Balaban J connectivity index is 2.15. The van der Waals surface area contributed by atoms with Crippen LogP contribution in [0.15, 0.2) is 41.6 Å². The number of carbonyl (C=O) groups is 1. The molecule has 7 heteroatoms. The van der Waals surface area contributed by atoms with Crippen molar-refractivity contribution in [3.63, 3.8) is 0 Å². The van der Waals surface area contributed by atoms with E-state index in [1.807, 2.05) is 13.8 Å². The number of aromatic nitrogens is 2. The molecule has 0 amide bonds. The van der Waals surface area contributed by atoms with Crippen molar-refractivity contribution in [1.82, 2.24) is 10.2 Å². The average molecular weight is 375 g/mol. The maximum absolute atomic E-state index is 14.9. The van der Waals surface area contributed by atoms with Gasteiger partial charge in [-0.1, -0.05) is 44.2 Å². The summed E-state index contributed by atoms with van der Waals surface area (Å²) in [5.41, 5.74) is -2.52. The summed E-state index contributed by atoms with van der Waals surface area (Å²) in [4.78, 5) is 13.1. The van der Waals surface area contributed by atoms with Gasteiger partial charge in [0.25, 0.3) is 0 Å². The Morgan fingerprint density at radius 3 is 2.41 bits per heavy atom. The zero-order chi connectivity index (χ0) is 19.6. The van der Waals surface area contributed by atoms with Crippen molar-refractivity contribution in [3.05, 3.63) is 58.4 Å². The van der Waals surface area contributed by atoms with E-state index in [4.69, 9.17) is 0 Å². The van der Waals surface area contributed by atoms with Gasteiger partial charge in [0.05, 0.1) is 0 Å². The van der Waals surface area contributed by atoms with Crippen molar-refractivity contribution in [2.24, 2.45) is 5.41 Å². The first kappa shape index (κ1) is 17.8. The zero-order valence-electron chi connectivity index (χ0n) is 15.3. The van der Waals surface area contributed by atoms with E-state index in [9.17, 15) is 18.0 Å². The molecule has 2 N–H and O–H groups in total. The molecule has 0 radical (unpaired) electrons. The fraction of sp³-hybridized carbons (Fsp3) is 0.400. The lowest BCUT2D eigenvalue weighted by Gasteiger charge is -2.46. The molecule has 1 aromatic carbocycles. The molecule has 0 fully saturated rings. The van der Waals surface area contributed by atoms with Crippen LogP contribution in [0, 0.1) is 12.3 Å². The predicted molar refractivity (Wildman–Crippen MR) is 95.3 cm³/mol. The van der Waals surface area contributed by atoms with Gasteiger partial charge in [0, 0.05) is 28.9 Å². The molecule has 0 unspecified atom stereocenters. The maximum Gasteiger partial charge on any atom is 0.406 e. The number of carbonyl (C=O) groups excluding carboxylic acids is 1. The van der Waals surface area contributed by atoms with Gasteiger partial charge in [0.15, 0.2) is 17.0 Å². The maximum atomic E-state index is 14.9. The summed E-state index contributed by atoms with van der Waals surface area (Å²) in [5, 5.41) is 9.76. The lowest BCUT2D eigenvalue weighted by molar-refractivity contribution is -0.171. The van der Waals surface area contributed by atoms with Gasteiger partial charge < -0.3 is 5.32 Å². The quantitative estimate of drug-likeness (QED) is 0.764. The second-order valence-corrected chi connectivity index (χ2v) is 8.11. The molecule has 0 spiro atoms. The van der Waals surface area contributed by atoms with Crippen LogP contribution in [-0.4, -0.2) is 22.2 Å². The SMILES string of the molecule is Cc1[nH]nc2c1[C@@](c1ccccc1)(C(F)(F)F)C1=C(CC(C)(C)CC1=O)N2. The number of halogens is 3. The lowest BCUT2D eigenvalue weighted by atomic mass is 9.60. The van der Waals surface area contributed by atoms with Gasteiger partial charge in [-0.05, 0) is 24.3 Å². The summed E-state index contributed by atoms with van der Waals surface area (Å²) in [6, 6.07) is 7.67. The third kappa shape index (κ3) is 2.37. The van der Waals surface area contributed by atoms with Crippen molar-refractivity contribution < 1.29 is 18.0 Å². The Labute approximate surface area is 154 Å². The van der Waals surface area contributed by atoms with Crippen molar-refractivity contribution >= 4 is 11.6 Å². The van der Waals surface area contributed by atoms with Gasteiger partial charge in [-0.2, -0.15) is 18.3 Å². The van der Waals surface area contributed by atoms with Crippen LogP contribution in [0.1, 0.15) is 43.5 Å². The van der Waals surface area contributed by atoms with Crippen LogP contribution in [0.25, 0.3) is 0 Å². The molecule has 0 saturated carbocycles. The van der Waals surface area contributed by atoms with Gasteiger partial charge in [-0.25, -0.2) is 0 Å². The molecule has 1 atom stereocenters. The number of nitrogens with one attached hydrogen (secondary N) is 2. The van der Waals surface area contributed by atoms with Crippen LogP contribution in [0.4, 0.5) is 19.0 Å². The number of hydrogen-bond donors (Lipinski definition) is 2. The van der Waals surface area contributed by atoms with E-state index >= 15 is 0 Å². The van der Waals surface area contributed by atoms with Crippen LogP contribution < -0.4 is 5.32 Å². The van der Waals surface area contributed by atoms with E-state index in [0.29, 0.717) is 17.8 Å². The highest BCUT2D eigenvalue weighted by atomic mass is 19.4. The van der Waals surface area contributed by atoms with E-state index in [1.165, 1.54) is 12.1 Å². The van der Waals surface area contributed by atoms with Gasteiger partial charge in [0.2, 0.25) is 0 Å². The zero-order valence-corrected chi connectivity index (χ0v) is 15.3. The number of ketones is 1. The fourth-order valence-corrected chi connectivity index (χ4v) is 4.53. The summed E-state index contributed by atoms with van der Waals surface area (Å²) >= 11 is 0. The van der Waals surface area contributed by atoms with Crippen LogP contribution in [0.5, 0.6) is 0 Å². The highest BCUT2D eigenvalue weighted by molar-refractivity contribution is 6.03. The Kier molecular flexibility index (Phi) is 3.61. The number of Topliss-reactive ketones (excluding diaryl/α,β-unsaturated/α-hetero) is 1. The first-order chi connectivity index (χ1) is 12.6. The van der Waals surface area contributed by atoms with Gasteiger partial charge >= 0.3 is 6.18 Å². The number of hydrogen-bond acceptors (Lipinski definition) is 3. The van der Waals surface area contributed by atoms with Crippen LogP contribution in [0.3, 0.4) is 0 Å². The molecule has 2 aromatic rings. The molecule has 1 aromatic heterocycles. The number of aromatic amines is 1. The third-order valence-corrected chi connectivity index (χ3v) is 5.47. The molecule has 1 aliphatic carbocycles. The van der Waals surface area contributed by atoms with Crippen molar-refractivity contribution in [1.29, 1.82) is 0 Å². The van der Waals surface area contributed by atoms with E-state index in [2.05, 4.69) is 15.5 Å². The summed E-state index contributed by atoms with van der Waals surface area (Å²) in [6.45, 7) is 5.33. The Bertz CT molecular complexity index is 957. The number of H-pyrrole nitrogens is 1. The minimum Gasteiger partial charge on any atom is -0.342 e. The number of anilines is 1. The fourth-order valence-electron chi connectivity index (χ4n) is 4.53. The molecular weight excluding hydrogens is 355 g/mol. The number of rotatable bonds is 1. The smallest absolute Gasteiger partial charge is 0.342 e. The van der Waals surface area contributed by atoms with Crippen molar-refractivity contribution in [2.75, 3.05) is 5.32 Å². The normalized spacial score (nSPS) is 24.3. The minimum atomic E-state index is -4.71. The van der Waals surface area contributed by atoms with Crippen molar-refractivity contribution in [3.8, 4) is 0 Å². The van der Waals surface area contributed by atoms with Crippen LogP contribution >= 0.6 is 0 Å². The largest absolute Gasteiger partial charge is 0.406 e. The molecule has 27 heavy (non-hydrogen) atoms. The molecule has 1 aliphatic heterocycles. The highest BCUT2D eigenvalue weighted by Crippen LogP contribution is 2.59.